The van der Waals surface area contributed by atoms with Crippen LogP contribution in [-0.4, -0.2) is 58.5 Å². The third kappa shape index (κ3) is 3.58. The van der Waals surface area contributed by atoms with Crippen LogP contribution in [0, 0.1) is 11.8 Å². The molecule has 0 aliphatic carbocycles. The molecule has 0 aromatic carbocycles. The molecule has 2 N–H and O–H groups in total. The molecular formula is C16H29NO4. The van der Waals surface area contributed by atoms with Crippen LogP contribution < -0.4 is 0 Å². The molecular weight excluding hydrogens is 270 g/mol. The Bertz CT molecular complexity index is 371. The Labute approximate surface area is 127 Å². The molecule has 2 fully saturated rings. The zero-order valence-electron chi connectivity index (χ0n) is 13.4. The maximum absolute atomic E-state index is 12.2. The topological polar surface area (TPSA) is 70.0 Å². The Kier molecular flexibility index (Phi) is 5.28. The van der Waals surface area contributed by atoms with Gasteiger partial charge in [-0.05, 0) is 51.6 Å². The summed E-state index contributed by atoms with van der Waals surface area (Å²) >= 11 is 0. The number of ether oxygens (including phenoxy) is 1. The zero-order chi connectivity index (χ0) is 15.6. The number of hydrogen-bond acceptors (Lipinski definition) is 5. The van der Waals surface area contributed by atoms with Gasteiger partial charge in [0.25, 0.3) is 0 Å². The molecule has 0 unspecified atom stereocenters. The van der Waals surface area contributed by atoms with Crippen molar-refractivity contribution in [1.29, 1.82) is 0 Å². The Hall–Kier alpha value is -0.650. The monoisotopic (exact) mass is 299 g/mol. The Morgan fingerprint density at radius 1 is 1.33 bits per heavy atom. The average Bonchev–Trinajstić information content (AvgIpc) is 2.97. The molecule has 2 heterocycles. The number of fused-ring (bicyclic) bond motifs is 1. The van der Waals surface area contributed by atoms with E-state index >= 15 is 0 Å². The number of carbonyl (C=O) groups excluding carboxylic acids is 1. The maximum atomic E-state index is 12.2. The van der Waals surface area contributed by atoms with Gasteiger partial charge in [-0.3, -0.25) is 4.90 Å². The van der Waals surface area contributed by atoms with Gasteiger partial charge in [-0.15, -0.1) is 0 Å². The summed E-state index contributed by atoms with van der Waals surface area (Å²) in [5.41, 5.74) is -1.79. The molecule has 2 aliphatic rings. The number of hydrogen-bond donors (Lipinski definition) is 2. The third-order valence-electron chi connectivity index (χ3n) is 4.94. The predicted molar refractivity (Wildman–Crippen MR) is 79.7 cm³/mol. The van der Waals surface area contributed by atoms with E-state index in [0.717, 1.165) is 19.5 Å². The van der Waals surface area contributed by atoms with E-state index < -0.39 is 17.7 Å². The van der Waals surface area contributed by atoms with Crippen molar-refractivity contribution >= 4 is 5.97 Å². The molecule has 122 valence electrons. The first-order valence-electron chi connectivity index (χ1n) is 8.16. The van der Waals surface area contributed by atoms with Crippen molar-refractivity contribution in [3.05, 3.63) is 0 Å². The van der Waals surface area contributed by atoms with Crippen LogP contribution in [0.5, 0.6) is 0 Å². The molecule has 0 amide bonds. The van der Waals surface area contributed by atoms with Crippen LogP contribution in [-0.2, 0) is 9.53 Å². The number of nitrogens with zero attached hydrogens (tertiary/aromatic N) is 1. The van der Waals surface area contributed by atoms with E-state index in [1.54, 1.807) is 0 Å². The van der Waals surface area contributed by atoms with E-state index in [9.17, 15) is 15.0 Å². The summed E-state index contributed by atoms with van der Waals surface area (Å²) < 4.78 is 5.39. The summed E-state index contributed by atoms with van der Waals surface area (Å²) in [7, 11) is 0. The molecule has 0 saturated carbocycles. The standard InChI is InChI=1S/C16H29NO4/c1-11(2)9-16(20,12(3)18)15(19)21-10-13-6-8-17-7-4-5-14(13)17/h11-14,18,20H,4-10H2,1-3H3/t12-,13-,14-,16-/m0/s1. The lowest BCUT2D eigenvalue weighted by Crippen LogP contribution is -2.50. The summed E-state index contributed by atoms with van der Waals surface area (Å²) in [6.07, 6.45) is 2.53. The lowest BCUT2D eigenvalue weighted by Gasteiger charge is -2.31. The minimum absolute atomic E-state index is 0.106. The van der Waals surface area contributed by atoms with Crippen LogP contribution in [0.1, 0.15) is 46.5 Å². The molecule has 0 bridgehead atoms. The van der Waals surface area contributed by atoms with Gasteiger partial charge >= 0.3 is 5.97 Å². The maximum Gasteiger partial charge on any atom is 0.340 e. The predicted octanol–water partition coefficient (Wildman–Crippen LogP) is 1.17. The zero-order valence-corrected chi connectivity index (χ0v) is 13.4. The van der Waals surface area contributed by atoms with Crippen LogP contribution >= 0.6 is 0 Å². The molecule has 0 aromatic rings. The first-order chi connectivity index (χ1) is 9.84. The van der Waals surface area contributed by atoms with Crippen molar-refractivity contribution in [2.45, 2.75) is 64.2 Å². The first-order valence-corrected chi connectivity index (χ1v) is 8.16. The Balaban J connectivity index is 1.90. The van der Waals surface area contributed by atoms with Crippen LogP contribution in [0.2, 0.25) is 0 Å². The van der Waals surface area contributed by atoms with E-state index in [1.807, 2.05) is 13.8 Å². The minimum Gasteiger partial charge on any atom is -0.463 e. The quantitative estimate of drug-likeness (QED) is 0.721. The van der Waals surface area contributed by atoms with Gasteiger partial charge in [0.2, 0.25) is 0 Å². The van der Waals surface area contributed by atoms with Gasteiger partial charge in [-0.2, -0.15) is 0 Å². The van der Waals surface area contributed by atoms with Gasteiger partial charge in [0, 0.05) is 12.0 Å². The highest BCUT2D eigenvalue weighted by atomic mass is 16.6. The van der Waals surface area contributed by atoms with Gasteiger partial charge in [-0.25, -0.2) is 4.79 Å². The second-order valence-electron chi connectivity index (χ2n) is 7.09. The molecule has 2 saturated heterocycles. The lowest BCUT2D eigenvalue weighted by molar-refractivity contribution is -0.181. The van der Waals surface area contributed by atoms with Crippen LogP contribution in [0.4, 0.5) is 0 Å². The molecule has 5 nitrogen and oxygen atoms in total. The van der Waals surface area contributed by atoms with Crippen molar-refractivity contribution in [3.8, 4) is 0 Å². The number of esters is 1. The van der Waals surface area contributed by atoms with Gasteiger partial charge in [0.15, 0.2) is 5.60 Å². The summed E-state index contributed by atoms with van der Waals surface area (Å²) in [6.45, 7) is 7.85. The average molecular weight is 299 g/mol. The number of carbonyl (C=O) groups is 1. The smallest absolute Gasteiger partial charge is 0.340 e. The number of rotatable bonds is 6. The molecule has 2 aliphatic heterocycles. The van der Waals surface area contributed by atoms with Gasteiger partial charge in [0.1, 0.15) is 0 Å². The molecule has 5 heteroatoms. The van der Waals surface area contributed by atoms with Gasteiger partial charge < -0.3 is 14.9 Å². The van der Waals surface area contributed by atoms with Crippen molar-refractivity contribution in [3.63, 3.8) is 0 Å². The van der Waals surface area contributed by atoms with Crippen LogP contribution in [0.3, 0.4) is 0 Å². The third-order valence-corrected chi connectivity index (χ3v) is 4.94. The van der Waals surface area contributed by atoms with E-state index in [1.165, 1.54) is 19.8 Å². The summed E-state index contributed by atoms with van der Waals surface area (Å²) in [4.78, 5) is 14.7. The molecule has 0 spiro atoms. The highest BCUT2D eigenvalue weighted by molar-refractivity contribution is 5.80. The fourth-order valence-corrected chi connectivity index (χ4v) is 3.74. The highest BCUT2D eigenvalue weighted by Crippen LogP contribution is 2.33. The first kappa shape index (κ1) is 16.7. The van der Waals surface area contributed by atoms with E-state index in [-0.39, 0.29) is 12.3 Å². The van der Waals surface area contributed by atoms with Crippen molar-refractivity contribution in [1.82, 2.24) is 4.90 Å². The van der Waals surface area contributed by atoms with Crippen molar-refractivity contribution < 1.29 is 19.7 Å². The van der Waals surface area contributed by atoms with E-state index in [2.05, 4.69) is 4.90 Å². The second-order valence-corrected chi connectivity index (χ2v) is 7.09. The largest absolute Gasteiger partial charge is 0.463 e. The normalized spacial score (nSPS) is 30.2. The van der Waals surface area contributed by atoms with Gasteiger partial charge in [-0.1, -0.05) is 13.8 Å². The van der Waals surface area contributed by atoms with Gasteiger partial charge in [0.05, 0.1) is 12.7 Å². The lowest BCUT2D eigenvalue weighted by atomic mass is 9.88. The summed E-state index contributed by atoms with van der Waals surface area (Å²) in [5, 5.41) is 20.2. The molecule has 4 atom stereocenters. The summed E-state index contributed by atoms with van der Waals surface area (Å²) in [6, 6.07) is 0.530. The molecule has 0 aromatic heterocycles. The highest BCUT2D eigenvalue weighted by Gasteiger charge is 2.44. The number of aliphatic hydroxyl groups excluding tert-OH is 1. The summed E-state index contributed by atoms with van der Waals surface area (Å²) in [5.74, 6) is -0.203. The SMILES string of the molecule is CC(C)C[C@@](O)(C(=O)OC[C@@H]1CCN2CCC[C@@H]12)[C@H](C)O. The van der Waals surface area contributed by atoms with E-state index in [4.69, 9.17) is 4.74 Å². The molecule has 2 rings (SSSR count). The Morgan fingerprint density at radius 3 is 2.67 bits per heavy atom. The molecule has 0 radical (unpaired) electrons. The minimum atomic E-state index is -1.79. The molecule has 21 heavy (non-hydrogen) atoms. The van der Waals surface area contributed by atoms with Crippen LogP contribution in [0.15, 0.2) is 0 Å². The fourth-order valence-electron chi connectivity index (χ4n) is 3.74. The van der Waals surface area contributed by atoms with E-state index in [0.29, 0.717) is 18.6 Å². The van der Waals surface area contributed by atoms with Crippen LogP contribution in [0.25, 0.3) is 0 Å². The number of aliphatic hydroxyl groups is 2. The Morgan fingerprint density at radius 2 is 2.05 bits per heavy atom. The van der Waals surface area contributed by atoms with Crippen molar-refractivity contribution in [2.75, 3.05) is 19.7 Å². The second kappa shape index (κ2) is 6.63. The fraction of sp³-hybridized carbons (Fsp3) is 0.938. The van der Waals surface area contributed by atoms with Crippen molar-refractivity contribution in [2.24, 2.45) is 11.8 Å².